The summed E-state index contributed by atoms with van der Waals surface area (Å²) < 4.78 is 5.49. The molecule has 1 aliphatic heterocycles. The maximum absolute atomic E-state index is 7.77. The van der Waals surface area contributed by atoms with Gasteiger partial charge in [0.05, 0.1) is 18.3 Å². The van der Waals surface area contributed by atoms with Crippen molar-refractivity contribution in [3.63, 3.8) is 0 Å². The van der Waals surface area contributed by atoms with Crippen LogP contribution in [-0.2, 0) is 6.42 Å². The fourth-order valence-electron chi connectivity index (χ4n) is 5.14. The molecule has 180 valence electrons. The van der Waals surface area contributed by atoms with E-state index in [0.717, 1.165) is 69.9 Å². The van der Waals surface area contributed by atoms with Crippen molar-refractivity contribution in [2.45, 2.75) is 39.5 Å². The van der Waals surface area contributed by atoms with E-state index in [0.29, 0.717) is 0 Å². The van der Waals surface area contributed by atoms with Gasteiger partial charge in [-0.2, -0.15) is 5.10 Å². The average Bonchev–Trinajstić information content (AvgIpc) is 3.51. The first kappa shape index (κ1) is 23.0. The number of nitrogens with zero attached hydrogens (tertiary/aromatic N) is 2. The van der Waals surface area contributed by atoms with Crippen molar-refractivity contribution in [2.75, 3.05) is 20.2 Å². The van der Waals surface area contributed by atoms with Crippen LogP contribution < -0.4 is 4.74 Å². The molecule has 0 saturated carbocycles. The van der Waals surface area contributed by atoms with E-state index in [4.69, 9.17) is 15.2 Å². The van der Waals surface area contributed by atoms with Crippen LogP contribution in [0.25, 0.3) is 39.1 Å². The molecule has 6 nitrogen and oxygen atoms in total. The van der Waals surface area contributed by atoms with Crippen molar-refractivity contribution >= 4 is 22.8 Å². The molecule has 0 atom stereocenters. The number of rotatable bonds is 7. The fraction of sp³-hybridized carbons (Fsp3) is 0.310. The maximum atomic E-state index is 7.77. The molecule has 2 aromatic carbocycles. The Morgan fingerprint density at radius 1 is 1.09 bits per heavy atom. The van der Waals surface area contributed by atoms with Gasteiger partial charge in [-0.3, -0.25) is 5.10 Å². The molecule has 0 spiro atoms. The first-order chi connectivity index (χ1) is 17.1. The zero-order valence-electron chi connectivity index (χ0n) is 20.7. The highest BCUT2D eigenvalue weighted by atomic mass is 16.5. The molecular weight excluding hydrogens is 434 g/mol. The smallest absolute Gasteiger partial charge is 0.119 e. The SMILES string of the molecule is CCc1[nH]c(-c2n[nH]c3ccc(-c4cc(C)cc(OC)c4)cc23)cc1/C(=C\C=N)N1CCCCC1. The predicted octanol–water partition coefficient (Wildman–Crippen LogP) is 6.58. The molecular formula is C29H33N5O. The summed E-state index contributed by atoms with van der Waals surface area (Å²) in [5.74, 6) is 0.859. The number of allylic oxidation sites excluding steroid dienone is 1. The van der Waals surface area contributed by atoms with E-state index in [-0.39, 0.29) is 0 Å². The Balaban J connectivity index is 1.59. The van der Waals surface area contributed by atoms with E-state index in [1.54, 1.807) is 7.11 Å². The van der Waals surface area contributed by atoms with Crippen molar-refractivity contribution in [3.8, 4) is 28.3 Å². The molecule has 4 aromatic rings. The summed E-state index contributed by atoms with van der Waals surface area (Å²) in [6.45, 7) is 6.33. The van der Waals surface area contributed by atoms with Crippen LogP contribution in [-0.4, -0.2) is 46.5 Å². The predicted molar refractivity (Wildman–Crippen MR) is 144 cm³/mol. The minimum atomic E-state index is 0.859. The molecule has 3 N–H and O–H groups in total. The van der Waals surface area contributed by atoms with E-state index in [2.05, 4.69) is 65.2 Å². The maximum Gasteiger partial charge on any atom is 0.119 e. The van der Waals surface area contributed by atoms with Crippen LogP contribution in [0.2, 0.25) is 0 Å². The van der Waals surface area contributed by atoms with E-state index < -0.39 is 0 Å². The van der Waals surface area contributed by atoms with Crippen molar-refractivity contribution in [3.05, 3.63) is 65.4 Å². The zero-order chi connectivity index (χ0) is 24.4. The molecule has 6 heteroatoms. The van der Waals surface area contributed by atoms with E-state index >= 15 is 0 Å². The molecule has 1 fully saturated rings. The summed E-state index contributed by atoms with van der Waals surface area (Å²) in [5, 5.41) is 16.8. The second-order valence-electron chi connectivity index (χ2n) is 9.27. The van der Waals surface area contributed by atoms with Gasteiger partial charge in [-0.1, -0.05) is 19.1 Å². The van der Waals surface area contributed by atoms with Gasteiger partial charge in [0.25, 0.3) is 0 Å². The number of hydrogen-bond acceptors (Lipinski definition) is 4. The molecule has 0 unspecified atom stereocenters. The molecule has 0 radical (unpaired) electrons. The van der Waals surface area contributed by atoms with Crippen LogP contribution in [0, 0.1) is 12.3 Å². The van der Waals surface area contributed by atoms with Gasteiger partial charge in [0.2, 0.25) is 0 Å². The number of fused-ring (bicyclic) bond motifs is 1. The highest BCUT2D eigenvalue weighted by Crippen LogP contribution is 2.35. The van der Waals surface area contributed by atoms with Crippen molar-refractivity contribution in [1.82, 2.24) is 20.1 Å². The van der Waals surface area contributed by atoms with E-state index in [1.165, 1.54) is 36.7 Å². The van der Waals surface area contributed by atoms with Crippen molar-refractivity contribution in [1.29, 1.82) is 5.41 Å². The van der Waals surface area contributed by atoms with E-state index in [9.17, 15) is 0 Å². The monoisotopic (exact) mass is 467 g/mol. The minimum absolute atomic E-state index is 0.859. The molecule has 0 aliphatic carbocycles. The lowest BCUT2D eigenvalue weighted by Crippen LogP contribution is -2.28. The van der Waals surface area contributed by atoms with Crippen LogP contribution in [0.5, 0.6) is 5.75 Å². The number of benzene rings is 2. The Morgan fingerprint density at radius 3 is 2.66 bits per heavy atom. The lowest BCUT2D eigenvalue weighted by Gasteiger charge is -2.31. The van der Waals surface area contributed by atoms with Gasteiger partial charge in [-0.05, 0) is 85.7 Å². The zero-order valence-corrected chi connectivity index (χ0v) is 20.7. The molecule has 0 amide bonds. The molecule has 0 bridgehead atoms. The normalized spacial score (nSPS) is 14.5. The second kappa shape index (κ2) is 9.82. The average molecular weight is 468 g/mol. The summed E-state index contributed by atoms with van der Waals surface area (Å²) in [7, 11) is 1.70. The first-order valence-corrected chi connectivity index (χ1v) is 12.4. The lowest BCUT2D eigenvalue weighted by atomic mass is 10.0. The Hall–Kier alpha value is -3.80. The molecule has 1 aliphatic rings. The molecule has 35 heavy (non-hydrogen) atoms. The van der Waals surface area contributed by atoms with Gasteiger partial charge in [0, 0.05) is 41.6 Å². The van der Waals surface area contributed by atoms with Crippen molar-refractivity contribution < 1.29 is 4.74 Å². The minimum Gasteiger partial charge on any atom is -0.497 e. The Morgan fingerprint density at radius 2 is 1.91 bits per heavy atom. The quantitative estimate of drug-likeness (QED) is 0.269. The van der Waals surface area contributed by atoms with Gasteiger partial charge in [0.1, 0.15) is 11.4 Å². The third kappa shape index (κ3) is 4.48. The number of aryl methyl sites for hydroxylation is 2. The number of aromatic nitrogens is 3. The highest BCUT2D eigenvalue weighted by molar-refractivity contribution is 5.96. The number of methoxy groups -OCH3 is 1. The number of piperidine rings is 1. The van der Waals surface area contributed by atoms with Gasteiger partial charge >= 0.3 is 0 Å². The summed E-state index contributed by atoms with van der Waals surface area (Å²) in [4.78, 5) is 6.07. The highest BCUT2D eigenvalue weighted by Gasteiger charge is 2.21. The van der Waals surface area contributed by atoms with Crippen LogP contribution in [0.4, 0.5) is 0 Å². The summed E-state index contributed by atoms with van der Waals surface area (Å²) in [6.07, 6.45) is 7.90. The van der Waals surface area contributed by atoms with Crippen LogP contribution in [0.3, 0.4) is 0 Å². The number of likely N-dealkylation sites (tertiary alicyclic amines) is 1. The topological polar surface area (TPSA) is 80.8 Å². The van der Waals surface area contributed by atoms with Gasteiger partial charge in [0.15, 0.2) is 0 Å². The third-order valence-electron chi connectivity index (χ3n) is 6.90. The number of aromatic amines is 2. The lowest BCUT2D eigenvalue weighted by molar-refractivity contribution is 0.326. The van der Waals surface area contributed by atoms with Crippen LogP contribution in [0.1, 0.15) is 43.0 Å². The molecule has 2 aromatic heterocycles. The number of nitrogens with one attached hydrogen (secondary N) is 3. The Labute approximate surface area is 206 Å². The molecule has 5 rings (SSSR count). The summed E-state index contributed by atoms with van der Waals surface area (Å²) >= 11 is 0. The van der Waals surface area contributed by atoms with Gasteiger partial charge in [-0.15, -0.1) is 0 Å². The van der Waals surface area contributed by atoms with Gasteiger partial charge < -0.3 is 20.0 Å². The number of H-pyrrole nitrogens is 2. The first-order valence-electron chi connectivity index (χ1n) is 12.4. The molecule has 1 saturated heterocycles. The fourth-order valence-corrected chi connectivity index (χ4v) is 5.14. The standard InChI is InChI=1S/C29H33N5O/c1-4-25-23(28(10-11-30)34-12-6-5-7-13-34)18-27(31-25)29-24-17-20(8-9-26(24)32-33-29)21-14-19(2)15-22(16-21)35-3/h8-11,14-18,30-31H,4-7,12-13H2,1-3H3,(H,32,33)/b28-10+,30-11?. The van der Waals surface area contributed by atoms with Gasteiger partial charge in [-0.25, -0.2) is 0 Å². The van der Waals surface area contributed by atoms with Crippen LogP contribution in [0.15, 0.2) is 48.5 Å². The third-order valence-corrected chi connectivity index (χ3v) is 6.90. The van der Waals surface area contributed by atoms with Crippen LogP contribution >= 0.6 is 0 Å². The summed E-state index contributed by atoms with van der Waals surface area (Å²) in [5.41, 5.74) is 9.80. The Bertz CT molecular complexity index is 1390. The largest absolute Gasteiger partial charge is 0.497 e. The van der Waals surface area contributed by atoms with Crippen molar-refractivity contribution in [2.24, 2.45) is 0 Å². The Kier molecular flexibility index (Phi) is 6.45. The second-order valence-corrected chi connectivity index (χ2v) is 9.27. The van der Waals surface area contributed by atoms with E-state index in [1.807, 2.05) is 12.1 Å². The number of ether oxygens (including phenoxy) is 1. The molecule has 3 heterocycles. The summed E-state index contributed by atoms with van der Waals surface area (Å²) in [6, 6.07) is 14.9. The number of hydrogen-bond donors (Lipinski definition) is 3.